The number of hydrogen-bond donors (Lipinski definition) is 1. The van der Waals surface area contributed by atoms with E-state index in [-0.39, 0.29) is 5.91 Å². The Labute approximate surface area is 124 Å². The van der Waals surface area contributed by atoms with Crippen molar-refractivity contribution in [2.24, 2.45) is 0 Å². The first-order valence-corrected chi connectivity index (χ1v) is 7.47. The molecule has 0 unspecified atom stereocenters. The molecule has 5 nitrogen and oxygen atoms in total. The molecule has 1 aliphatic rings. The molecule has 0 saturated heterocycles. The molecule has 5 heteroatoms. The number of carbonyl (C=O) groups is 1. The minimum Gasteiger partial charge on any atom is -0.351 e. The molecular weight excluding hydrogens is 264 g/mol. The number of hydrogen-bond acceptors (Lipinski definition) is 3. The van der Waals surface area contributed by atoms with Crippen molar-refractivity contribution in [3.63, 3.8) is 0 Å². The first kappa shape index (κ1) is 13.8. The van der Waals surface area contributed by atoms with Gasteiger partial charge in [-0.3, -0.25) is 14.5 Å². The molecule has 21 heavy (non-hydrogen) atoms. The molecule has 1 amide bonds. The molecule has 1 fully saturated rings. The van der Waals surface area contributed by atoms with Crippen molar-refractivity contribution in [3.8, 4) is 11.3 Å². The van der Waals surface area contributed by atoms with Gasteiger partial charge in [0.15, 0.2) is 0 Å². The molecule has 0 atom stereocenters. The summed E-state index contributed by atoms with van der Waals surface area (Å²) in [6.45, 7) is 2.00. The molecule has 0 spiro atoms. The maximum atomic E-state index is 11.1. The van der Waals surface area contributed by atoms with Crippen LogP contribution in [0.3, 0.4) is 0 Å². The highest BCUT2D eigenvalue weighted by Gasteiger charge is 2.21. The van der Waals surface area contributed by atoms with Crippen LogP contribution in [-0.2, 0) is 11.3 Å². The number of pyridine rings is 1. The minimum atomic E-state index is -0.0316. The van der Waals surface area contributed by atoms with E-state index in [1.165, 1.54) is 32.6 Å². The Morgan fingerprint density at radius 1 is 1.33 bits per heavy atom. The Kier molecular flexibility index (Phi) is 3.99. The second-order valence-corrected chi connectivity index (χ2v) is 5.55. The number of aromatic nitrogens is 3. The van der Waals surface area contributed by atoms with Crippen LogP contribution in [0.4, 0.5) is 0 Å². The van der Waals surface area contributed by atoms with Crippen molar-refractivity contribution < 1.29 is 4.79 Å². The first-order chi connectivity index (χ1) is 10.2. The van der Waals surface area contributed by atoms with Gasteiger partial charge in [0.2, 0.25) is 5.91 Å². The Morgan fingerprint density at radius 3 is 2.71 bits per heavy atom. The maximum Gasteiger partial charge on any atom is 0.217 e. The van der Waals surface area contributed by atoms with E-state index in [1.807, 2.05) is 12.1 Å². The van der Waals surface area contributed by atoms with E-state index in [2.05, 4.69) is 21.0 Å². The predicted molar refractivity (Wildman–Crippen MR) is 80.5 cm³/mol. The Bertz CT molecular complexity index is 614. The van der Waals surface area contributed by atoms with E-state index >= 15 is 0 Å². The molecule has 1 saturated carbocycles. The van der Waals surface area contributed by atoms with Crippen LogP contribution in [-0.4, -0.2) is 20.7 Å². The fraction of sp³-hybridized carbons (Fsp3) is 0.438. The summed E-state index contributed by atoms with van der Waals surface area (Å²) in [6.07, 6.45) is 8.49. The van der Waals surface area contributed by atoms with Crippen molar-refractivity contribution in [3.05, 3.63) is 36.3 Å². The van der Waals surface area contributed by atoms with Gasteiger partial charge in [-0.15, -0.1) is 0 Å². The quantitative estimate of drug-likeness (QED) is 0.939. The molecule has 2 heterocycles. The van der Waals surface area contributed by atoms with Gasteiger partial charge < -0.3 is 5.32 Å². The molecule has 2 aromatic rings. The Hall–Kier alpha value is -2.17. The fourth-order valence-corrected chi connectivity index (χ4v) is 2.91. The van der Waals surface area contributed by atoms with Gasteiger partial charge in [-0.2, -0.15) is 5.10 Å². The standard InChI is InChI=1S/C16H20N4O/c1-12(21)18-11-14-10-16(13-6-8-17-9-7-13)20(19-14)15-4-2-3-5-15/h6-10,15H,2-5,11H2,1H3,(H,18,21). The Balaban J connectivity index is 1.93. The summed E-state index contributed by atoms with van der Waals surface area (Å²) in [5.74, 6) is -0.0316. The van der Waals surface area contributed by atoms with Crippen LogP contribution in [0.1, 0.15) is 44.3 Å². The molecule has 0 bridgehead atoms. The van der Waals surface area contributed by atoms with Gasteiger partial charge in [-0.05, 0) is 31.0 Å². The van der Waals surface area contributed by atoms with Crippen molar-refractivity contribution in [2.75, 3.05) is 0 Å². The van der Waals surface area contributed by atoms with Gasteiger partial charge in [0, 0.05) is 24.9 Å². The summed E-state index contributed by atoms with van der Waals surface area (Å²) in [5.41, 5.74) is 3.15. The third-order valence-corrected chi connectivity index (χ3v) is 3.95. The highest BCUT2D eigenvalue weighted by Crippen LogP contribution is 2.33. The lowest BCUT2D eigenvalue weighted by Crippen LogP contribution is -2.19. The molecule has 0 radical (unpaired) electrons. The predicted octanol–water partition coefficient (Wildman–Crippen LogP) is 2.70. The van der Waals surface area contributed by atoms with Gasteiger partial charge in [0.25, 0.3) is 0 Å². The van der Waals surface area contributed by atoms with Crippen molar-refractivity contribution in [1.82, 2.24) is 20.1 Å². The van der Waals surface area contributed by atoms with Crippen LogP contribution in [0.5, 0.6) is 0 Å². The molecule has 0 aromatic carbocycles. The van der Waals surface area contributed by atoms with Crippen LogP contribution < -0.4 is 5.32 Å². The molecule has 3 rings (SSSR count). The number of carbonyl (C=O) groups excluding carboxylic acids is 1. The lowest BCUT2D eigenvalue weighted by atomic mass is 10.1. The van der Waals surface area contributed by atoms with E-state index in [1.54, 1.807) is 12.4 Å². The van der Waals surface area contributed by atoms with Crippen LogP contribution in [0.15, 0.2) is 30.6 Å². The summed E-state index contributed by atoms with van der Waals surface area (Å²) >= 11 is 0. The number of nitrogens with zero attached hydrogens (tertiary/aromatic N) is 3. The van der Waals surface area contributed by atoms with Crippen molar-refractivity contribution in [2.45, 2.75) is 45.2 Å². The van der Waals surface area contributed by atoms with Gasteiger partial charge in [-0.1, -0.05) is 12.8 Å². The zero-order chi connectivity index (χ0) is 14.7. The summed E-state index contributed by atoms with van der Waals surface area (Å²) in [7, 11) is 0. The summed E-state index contributed by atoms with van der Waals surface area (Å²) in [6, 6.07) is 6.55. The normalized spacial score (nSPS) is 15.3. The Morgan fingerprint density at radius 2 is 2.05 bits per heavy atom. The number of amides is 1. The summed E-state index contributed by atoms with van der Waals surface area (Å²) in [5, 5.41) is 7.54. The summed E-state index contributed by atoms with van der Waals surface area (Å²) in [4.78, 5) is 15.2. The second-order valence-electron chi connectivity index (χ2n) is 5.55. The highest BCUT2D eigenvalue weighted by molar-refractivity contribution is 5.72. The van der Waals surface area contributed by atoms with Gasteiger partial charge >= 0.3 is 0 Å². The number of nitrogens with one attached hydrogen (secondary N) is 1. The smallest absolute Gasteiger partial charge is 0.217 e. The molecular formula is C16H20N4O. The van der Waals surface area contributed by atoms with Crippen LogP contribution in [0.25, 0.3) is 11.3 Å². The lowest BCUT2D eigenvalue weighted by molar-refractivity contribution is -0.119. The third kappa shape index (κ3) is 3.12. The van der Waals surface area contributed by atoms with Crippen LogP contribution in [0, 0.1) is 0 Å². The highest BCUT2D eigenvalue weighted by atomic mass is 16.1. The fourth-order valence-electron chi connectivity index (χ4n) is 2.91. The van der Waals surface area contributed by atoms with E-state index in [0.29, 0.717) is 12.6 Å². The molecule has 1 N–H and O–H groups in total. The second kappa shape index (κ2) is 6.08. The lowest BCUT2D eigenvalue weighted by Gasteiger charge is -2.14. The van der Waals surface area contributed by atoms with E-state index in [9.17, 15) is 4.79 Å². The van der Waals surface area contributed by atoms with E-state index < -0.39 is 0 Å². The molecule has 110 valence electrons. The zero-order valence-corrected chi connectivity index (χ0v) is 12.2. The molecule has 1 aliphatic carbocycles. The maximum absolute atomic E-state index is 11.1. The topological polar surface area (TPSA) is 59.8 Å². The van der Waals surface area contributed by atoms with Crippen LogP contribution in [0.2, 0.25) is 0 Å². The number of rotatable bonds is 4. The van der Waals surface area contributed by atoms with E-state index in [0.717, 1.165) is 17.0 Å². The largest absolute Gasteiger partial charge is 0.351 e. The van der Waals surface area contributed by atoms with Gasteiger partial charge in [0.1, 0.15) is 0 Å². The van der Waals surface area contributed by atoms with Crippen LogP contribution >= 0.6 is 0 Å². The van der Waals surface area contributed by atoms with Crippen molar-refractivity contribution >= 4 is 5.91 Å². The zero-order valence-electron chi connectivity index (χ0n) is 12.2. The molecule has 2 aromatic heterocycles. The summed E-state index contributed by atoms with van der Waals surface area (Å²) < 4.78 is 2.14. The first-order valence-electron chi connectivity index (χ1n) is 7.47. The minimum absolute atomic E-state index is 0.0316. The molecule has 0 aliphatic heterocycles. The monoisotopic (exact) mass is 284 g/mol. The third-order valence-electron chi connectivity index (χ3n) is 3.95. The van der Waals surface area contributed by atoms with Crippen molar-refractivity contribution in [1.29, 1.82) is 0 Å². The average molecular weight is 284 g/mol. The van der Waals surface area contributed by atoms with Gasteiger partial charge in [0.05, 0.1) is 24.0 Å². The SMILES string of the molecule is CC(=O)NCc1cc(-c2ccncc2)n(C2CCCC2)n1. The van der Waals surface area contributed by atoms with Gasteiger partial charge in [-0.25, -0.2) is 0 Å². The van der Waals surface area contributed by atoms with E-state index in [4.69, 9.17) is 5.10 Å². The average Bonchev–Trinajstić information content (AvgIpc) is 3.15.